The second-order valence-corrected chi connectivity index (χ2v) is 4.63. The number of aromatic nitrogens is 2. The van der Waals surface area contributed by atoms with E-state index in [-0.39, 0.29) is 0 Å². The van der Waals surface area contributed by atoms with Gasteiger partial charge in [-0.1, -0.05) is 11.6 Å². The molecule has 1 aromatic heterocycles. The zero-order chi connectivity index (χ0) is 11.7. The third-order valence-corrected chi connectivity index (χ3v) is 3.35. The minimum absolute atomic E-state index is 0.456. The average Bonchev–Trinajstić information content (AvgIpc) is 2.55. The molecule has 0 aliphatic carbocycles. The van der Waals surface area contributed by atoms with Gasteiger partial charge in [-0.25, -0.2) is 4.98 Å². The molecule has 2 aromatic rings. The first kappa shape index (κ1) is 11.6. The largest absolute Gasteiger partial charge is 0.329 e. The first-order valence-corrected chi connectivity index (χ1v) is 5.97. The molecule has 3 nitrogen and oxygen atoms in total. The molecule has 0 radical (unpaired) electrons. The fourth-order valence-electron chi connectivity index (χ4n) is 1.58. The number of hydrogen-bond acceptors (Lipinski definition) is 2. The van der Waals surface area contributed by atoms with Crippen LogP contribution in [0.1, 0.15) is 5.69 Å². The molecule has 16 heavy (non-hydrogen) atoms. The smallest absolute Gasteiger partial charge is 0.141 e. The molecule has 0 saturated carbocycles. The van der Waals surface area contributed by atoms with Crippen molar-refractivity contribution in [2.24, 2.45) is 12.8 Å². The van der Waals surface area contributed by atoms with Gasteiger partial charge in [0.1, 0.15) is 10.4 Å². The fraction of sp³-hybridized carbons (Fsp3) is 0.182. The van der Waals surface area contributed by atoms with E-state index >= 15 is 0 Å². The number of benzene rings is 1. The molecule has 0 saturated heterocycles. The van der Waals surface area contributed by atoms with Crippen LogP contribution in [0.25, 0.3) is 11.4 Å². The van der Waals surface area contributed by atoms with Crippen molar-refractivity contribution in [2.45, 2.75) is 6.54 Å². The maximum Gasteiger partial charge on any atom is 0.141 e. The second kappa shape index (κ2) is 4.57. The minimum Gasteiger partial charge on any atom is -0.329 e. The van der Waals surface area contributed by atoms with Gasteiger partial charge in [0.15, 0.2) is 0 Å². The van der Waals surface area contributed by atoms with E-state index in [1.807, 2.05) is 35.9 Å². The monoisotopic (exact) mass is 299 g/mol. The summed E-state index contributed by atoms with van der Waals surface area (Å²) >= 11 is 9.25. The first-order valence-electron chi connectivity index (χ1n) is 4.80. The molecule has 0 aliphatic heterocycles. The molecule has 84 valence electrons. The highest BCUT2D eigenvalue weighted by molar-refractivity contribution is 9.10. The van der Waals surface area contributed by atoms with E-state index in [1.165, 1.54) is 0 Å². The summed E-state index contributed by atoms with van der Waals surface area (Å²) in [5.41, 5.74) is 7.65. The van der Waals surface area contributed by atoms with E-state index in [0.717, 1.165) is 26.7 Å². The Morgan fingerprint density at radius 2 is 2.00 bits per heavy atom. The van der Waals surface area contributed by atoms with Gasteiger partial charge in [-0.05, 0) is 40.2 Å². The fourth-order valence-corrected chi connectivity index (χ4v) is 2.30. The minimum atomic E-state index is 0.456. The lowest BCUT2D eigenvalue weighted by atomic mass is 10.2. The van der Waals surface area contributed by atoms with Crippen molar-refractivity contribution >= 4 is 27.5 Å². The quantitative estimate of drug-likeness (QED) is 0.926. The van der Waals surface area contributed by atoms with Crippen molar-refractivity contribution in [3.8, 4) is 11.4 Å². The molecule has 1 heterocycles. The van der Waals surface area contributed by atoms with Gasteiger partial charge in [-0.2, -0.15) is 0 Å². The number of nitrogens with zero attached hydrogens (tertiary/aromatic N) is 2. The Hall–Kier alpha value is -0.840. The predicted octanol–water partition coefficient (Wildman–Crippen LogP) is 2.96. The van der Waals surface area contributed by atoms with Crippen molar-refractivity contribution in [3.63, 3.8) is 0 Å². The van der Waals surface area contributed by atoms with E-state index in [0.29, 0.717) is 6.54 Å². The third kappa shape index (κ3) is 2.00. The van der Waals surface area contributed by atoms with Crippen LogP contribution in [0.3, 0.4) is 0 Å². The Morgan fingerprint density at radius 3 is 2.50 bits per heavy atom. The van der Waals surface area contributed by atoms with Gasteiger partial charge in [0.2, 0.25) is 0 Å². The lowest BCUT2D eigenvalue weighted by molar-refractivity contribution is 0.825. The van der Waals surface area contributed by atoms with Crippen LogP contribution in [0.15, 0.2) is 28.9 Å². The number of imidazole rings is 1. The number of halogens is 2. The Labute approximate surface area is 107 Å². The van der Waals surface area contributed by atoms with Crippen molar-refractivity contribution in [3.05, 3.63) is 39.6 Å². The molecular formula is C11H11BrClN3. The van der Waals surface area contributed by atoms with Gasteiger partial charge in [0.05, 0.1) is 5.69 Å². The first-order chi connectivity index (χ1) is 7.63. The van der Waals surface area contributed by atoms with Crippen molar-refractivity contribution in [1.82, 2.24) is 9.55 Å². The van der Waals surface area contributed by atoms with E-state index in [2.05, 4.69) is 20.9 Å². The summed E-state index contributed by atoms with van der Waals surface area (Å²) in [6, 6.07) is 7.58. The SMILES string of the molecule is Cn1c(-c2ccc(Cl)cc2)nc(Br)c1CN. The maximum atomic E-state index is 5.85. The van der Waals surface area contributed by atoms with Crippen LogP contribution in [0.5, 0.6) is 0 Å². The van der Waals surface area contributed by atoms with Crippen LogP contribution in [0.2, 0.25) is 5.02 Å². The van der Waals surface area contributed by atoms with Crippen LogP contribution < -0.4 is 5.73 Å². The van der Waals surface area contributed by atoms with E-state index < -0.39 is 0 Å². The van der Waals surface area contributed by atoms with Crippen LogP contribution >= 0.6 is 27.5 Å². The van der Waals surface area contributed by atoms with Crippen molar-refractivity contribution in [1.29, 1.82) is 0 Å². The lowest BCUT2D eigenvalue weighted by Crippen LogP contribution is -2.04. The van der Waals surface area contributed by atoms with E-state index in [1.54, 1.807) is 0 Å². The van der Waals surface area contributed by atoms with Gasteiger partial charge >= 0.3 is 0 Å². The molecule has 1 aromatic carbocycles. The van der Waals surface area contributed by atoms with Gasteiger partial charge in [-0.3, -0.25) is 0 Å². The van der Waals surface area contributed by atoms with Crippen molar-refractivity contribution in [2.75, 3.05) is 0 Å². The summed E-state index contributed by atoms with van der Waals surface area (Å²) in [5.74, 6) is 0.879. The van der Waals surface area contributed by atoms with E-state index in [4.69, 9.17) is 17.3 Å². The van der Waals surface area contributed by atoms with Gasteiger partial charge in [-0.15, -0.1) is 0 Å². The lowest BCUT2D eigenvalue weighted by Gasteiger charge is -2.04. The molecule has 0 bridgehead atoms. The molecule has 2 rings (SSSR count). The standard InChI is InChI=1S/C11H11BrClN3/c1-16-9(6-14)10(12)15-11(16)7-2-4-8(13)5-3-7/h2-5H,6,14H2,1H3. The Morgan fingerprint density at radius 1 is 1.38 bits per heavy atom. The molecule has 0 spiro atoms. The summed E-state index contributed by atoms with van der Waals surface area (Å²) in [5, 5.41) is 0.719. The molecule has 2 N–H and O–H groups in total. The van der Waals surface area contributed by atoms with Crippen LogP contribution in [-0.4, -0.2) is 9.55 Å². The van der Waals surface area contributed by atoms with Gasteiger partial charge in [0, 0.05) is 24.2 Å². The summed E-state index contributed by atoms with van der Waals surface area (Å²) in [4.78, 5) is 4.44. The van der Waals surface area contributed by atoms with Gasteiger partial charge in [0.25, 0.3) is 0 Å². The number of hydrogen-bond donors (Lipinski definition) is 1. The maximum absolute atomic E-state index is 5.85. The summed E-state index contributed by atoms with van der Waals surface area (Å²) in [6.07, 6.45) is 0. The summed E-state index contributed by atoms with van der Waals surface area (Å²) in [6.45, 7) is 0.456. The summed E-state index contributed by atoms with van der Waals surface area (Å²) in [7, 11) is 1.95. The highest BCUT2D eigenvalue weighted by atomic mass is 79.9. The third-order valence-electron chi connectivity index (χ3n) is 2.46. The molecule has 0 aliphatic rings. The predicted molar refractivity (Wildman–Crippen MR) is 69.2 cm³/mol. The second-order valence-electron chi connectivity index (χ2n) is 3.44. The normalized spacial score (nSPS) is 10.8. The molecule has 0 atom stereocenters. The Bertz CT molecular complexity index is 505. The molecule has 5 heteroatoms. The van der Waals surface area contributed by atoms with Crippen molar-refractivity contribution < 1.29 is 0 Å². The Kier molecular flexibility index (Phi) is 3.33. The average molecular weight is 301 g/mol. The summed E-state index contributed by atoms with van der Waals surface area (Å²) < 4.78 is 2.77. The highest BCUT2D eigenvalue weighted by Crippen LogP contribution is 2.25. The molecule has 0 fully saturated rings. The van der Waals surface area contributed by atoms with E-state index in [9.17, 15) is 0 Å². The van der Waals surface area contributed by atoms with Crippen LogP contribution in [0.4, 0.5) is 0 Å². The zero-order valence-corrected chi connectivity index (χ0v) is 11.1. The molecular weight excluding hydrogens is 289 g/mol. The highest BCUT2D eigenvalue weighted by Gasteiger charge is 2.12. The van der Waals surface area contributed by atoms with Crippen LogP contribution in [-0.2, 0) is 13.6 Å². The molecule has 0 unspecified atom stereocenters. The topological polar surface area (TPSA) is 43.8 Å². The Balaban J connectivity index is 2.52. The number of rotatable bonds is 2. The van der Waals surface area contributed by atoms with Crippen LogP contribution in [0, 0.1) is 0 Å². The zero-order valence-electron chi connectivity index (χ0n) is 8.74. The molecule has 0 amide bonds. The number of nitrogens with two attached hydrogens (primary N) is 1. The van der Waals surface area contributed by atoms with Gasteiger partial charge < -0.3 is 10.3 Å².